The summed E-state index contributed by atoms with van der Waals surface area (Å²) in [7, 11) is 1.27. The molecule has 64 heavy (non-hydrogen) atoms. The van der Waals surface area contributed by atoms with Gasteiger partial charge in [0.15, 0.2) is 0 Å². The summed E-state index contributed by atoms with van der Waals surface area (Å²) in [4.78, 5) is 36.8. The molecular weight excluding hydrogens is 842 g/mol. The van der Waals surface area contributed by atoms with E-state index in [1.807, 2.05) is 20.8 Å². The molecule has 0 saturated carbocycles. The zero-order valence-electron chi connectivity index (χ0n) is 39.2. The smallest absolute Gasteiger partial charge is 0.328 e. The molecule has 1 aromatic carbocycles. The van der Waals surface area contributed by atoms with E-state index in [1.165, 1.54) is 7.11 Å². The van der Waals surface area contributed by atoms with Crippen molar-refractivity contribution in [2.24, 2.45) is 0 Å². The van der Waals surface area contributed by atoms with E-state index in [2.05, 4.69) is 12.2 Å². The Labute approximate surface area is 380 Å². The Morgan fingerprint density at radius 1 is 0.484 bits per heavy atom. The van der Waals surface area contributed by atoms with Crippen LogP contribution >= 0.6 is 0 Å². The summed E-state index contributed by atoms with van der Waals surface area (Å²) in [6.07, 6.45) is 1.43. The molecule has 0 spiro atoms. The van der Waals surface area contributed by atoms with Crippen LogP contribution in [-0.4, -0.2) is 202 Å². The lowest BCUT2D eigenvalue weighted by Gasteiger charge is -2.19. The second-order valence-corrected chi connectivity index (χ2v) is 14.8. The van der Waals surface area contributed by atoms with Crippen molar-refractivity contribution in [2.75, 3.05) is 172 Å². The van der Waals surface area contributed by atoms with E-state index in [-0.39, 0.29) is 44.4 Å². The third kappa shape index (κ3) is 39.3. The molecule has 1 aromatic rings. The summed E-state index contributed by atoms with van der Waals surface area (Å²) in [5.74, 6) is -0.671. The van der Waals surface area contributed by atoms with Crippen molar-refractivity contribution in [3.8, 4) is 5.75 Å². The van der Waals surface area contributed by atoms with E-state index in [1.54, 1.807) is 24.3 Å². The van der Waals surface area contributed by atoms with E-state index in [0.29, 0.717) is 151 Å². The Morgan fingerprint density at radius 3 is 1.16 bits per heavy atom. The second-order valence-electron chi connectivity index (χ2n) is 14.8. The van der Waals surface area contributed by atoms with Gasteiger partial charge in [-0.2, -0.15) is 0 Å². The fourth-order valence-corrected chi connectivity index (χ4v) is 5.03. The van der Waals surface area contributed by atoms with Crippen LogP contribution in [0.3, 0.4) is 0 Å². The van der Waals surface area contributed by atoms with Crippen LogP contribution in [0.5, 0.6) is 5.75 Å². The van der Waals surface area contributed by atoms with Gasteiger partial charge in [0.1, 0.15) is 17.4 Å². The van der Waals surface area contributed by atoms with E-state index in [4.69, 9.17) is 71.1 Å². The van der Waals surface area contributed by atoms with Gasteiger partial charge in [-0.3, -0.25) is 9.59 Å². The van der Waals surface area contributed by atoms with Crippen molar-refractivity contribution in [1.29, 1.82) is 0 Å². The Morgan fingerprint density at radius 2 is 0.828 bits per heavy atom. The van der Waals surface area contributed by atoms with Crippen molar-refractivity contribution < 1.29 is 85.4 Å². The van der Waals surface area contributed by atoms with Gasteiger partial charge < -0.3 is 76.4 Å². The van der Waals surface area contributed by atoms with Gasteiger partial charge in [-0.1, -0.05) is 19.1 Å². The molecule has 19 nitrogen and oxygen atoms in total. The first-order chi connectivity index (χ1) is 31.1. The summed E-state index contributed by atoms with van der Waals surface area (Å²) in [6, 6.07) is 6.17. The molecule has 0 fully saturated rings. The minimum atomic E-state index is -0.868. The molecule has 0 aromatic heterocycles. The number of rotatable bonds is 46. The van der Waals surface area contributed by atoms with Gasteiger partial charge in [-0.25, -0.2) is 4.79 Å². The number of methoxy groups -OCH3 is 1. The minimum Gasteiger partial charge on any atom is -0.493 e. The summed E-state index contributed by atoms with van der Waals surface area (Å²) < 4.78 is 81.4. The lowest BCUT2D eigenvalue weighted by molar-refractivity contribution is -0.155. The standard InChI is InChI=1S/C45H79NO18/c1-6-13-51-16-18-53-20-22-55-24-26-57-28-30-59-32-34-61-36-37-62-35-33-60-31-29-58-27-25-56-23-21-54-19-17-52-14-11-42(47)46-41(44(49)50-5)38-39-7-9-40(10-8-39)63-15-12-43(48)64-45(2,3)4/h7-10,41H,6,11-38H2,1-5H3,(H,46,47)/t41-/m0/s1. The lowest BCUT2D eigenvalue weighted by Crippen LogP contribution is -2.43. The molecule has 0 heterocycles. The van der Waals surface area contributed by atoms with Crippen molar-refractivity contribution in [2.45, 2.75) is 65.0 Å². The molecule has 0 aliphatic carbocycles. The number of amides is 1. The first kappa shape index (κ1) is 59.0. The summed E-state index contributed by atoms with van der Waals surface area (Å²) >= 11 is 0. The monoisotopic (exact) mass is 922 g/mol. The second kappa shape index (κ2) is 42.6. The highest BCUT2D eigenvalue weighted by Gasteiger charge is 2.22. The number of carbonyl (C=O) groups excluding carboxylic acids is 3. The van der Waals surface area contributed by atoms with Gasteiger partial charge in [-0.05, 0) is 44.9 Å². The largest absolute Gasteiger partial charge is 0.493 e. The number of hydrogen-bond donors (Lipinski definition) is 1. The zero-order valence-corrected chi connectivity index (χ0v) is 39.2. The average Bonchev–Trinajstić information content (AvgIpc) is 3.27. The van der Waals surface area contributed by atoms with Gasteiger partial charge in [0.25, 0.3) is 0 Å². The summed E-state index contributed by atoms with van der Waals surface area (Å²) in [5, 5.41) is 2.71. The fourth-order valence-electron chi connectivity index (χ4n) is 5.03. The molecule has 1 atom stereocenters. The van der Waals surface area contributed by atoms with Crippen molar-refractivity contribution in [3.05, 3.63) is 29.8 Å². The number of ether oxygens (including phenoxy) is 15. The van der Waals surface area contributed by atoms with E-state index >= 15 is 0 Å². The maximum atomic E-state index is 12.5. The van der Waals surface area contributed by atoms with Gasteiger partial charge in [0, 0.05) is 19.4 Å². The molecular formula is C45H79NO18. The molecule has 0 radical (unpaired) electrons. The highest BCUT2D eigenvalue weighted by molar-refractivity contribution is 5.84. The molecule has 1 N–H and O–H groups in total. The molecule has 0 aliphatic heterocycles. The first-order valence-corrected chi connectivity index (χ1v) is 22.4. The fraction of sp³-hybridized carbons (Fsp3) is 0.800. The number of esters is 2. The van der Waals surface area contributed by atoms with Crippen LogP contribution in [0, 0.1) is 0 Å². The number of nitrogens with one attached hydrogen (secondary N) is 1. The quantitative estimate of drug-likeness (QED) is 0.0738. The highest BCUT2D eigenvalue weighted by Crippen LogP contribution is 2.15. The maximum Gasteiger partial charge on any atom is 0.328 e. The number of hydrogen-bond acceptors (Lipinski definition) is 18. The number of carbonyl (C=O) groups is 3. The molecule has 0 bridgehead atoms. The average molecular weight is 922 g/mol. The van der Waals surface area contributed by atoms with Crippen molar-refractivity contribution >= 4 is 17.8 Å². The molecule has 0 unspecified atom stereocenters. The van der Waals surface area contributed by atoms with Crippen LogP contribution in [0.2, 0.25) is 0 Å². The van der Waals surface area contributed by atoms with Gasteiger partial charge >= 0.3 is 11.9 Å². The first-order valence-electron chi connectivity index (χ1n) is 22.4. The topological polar surface area (TPSA) is 202 Å². The Kier molecular flexibility index (Phi) is 39.2. The van der Waals surface area contributed by atoms with Crippen LogP contribution in [-0.2, 0) is 87.1 Å². The molecule has 1 amide bonds. The van der Waals surface area contributed by atoms with E-state index in [9.17, 15) is 14.4 Å². The lowest BCUT2D eigenvalue weighted by atomic mass is 10.1. The Hall–Kier alpha value is -3.05. The van der Waals surface area contributed by atoms with Crippen LogP contribution in [0.25, 0.3) is 0 Å². The van der Waals surface area contributed by atoms with Crippen LogP contribution < -0.4 is 10.1 Å². The van der Waals surface area contributed by atoms with Crippen molar-refractivity contribution in [1.82, 2.24) is 5.32 Å². The predicted molar refractivity (Wildman–Crippen MR) is 235 cm³/mol. The normalized spacial score (nSPS) is 12.0. The molecule has 19 heteroatoms. The maximum absolute atomic E-state index is 12.5. The molecule has 0 aliphatic rings. The van der Waals surface area contributed by atoms with Crippen LogP contribution in [0.15, 0.2) is 24.3 Å². The van der Waals surface area contributed by atoms with Crippen LogP contribution in [0.4, 0.5) is 0 Å². The van der Waals surface area contributed by atoms with E-state index in [0.717, 1.165) is 18.6 Å². The van der Waals surface area contributed by atoms with E-state index < -0.39 is 17.6 Å². The Balaban J connectivity index is 1.85. The summed E-state index contributed by atoms with van der Waals surface area (Å²) in [6.45, 7) is 19.1. The van der Waals surface area contributed by atoms with Gasteiger partial charge in [-0.15, -0.1) is 0 Å². The van der Waals surface area contributed by atoms with Crippen molar-refractivity contribution in [3.63, 3.8) is 0 Å². The third-order valence-corrected chi connectivity index (χ3v) is 8.09. The molecule has 0 saturated heterocycles. The minimum absolute atomic E-state index is 0.0665. The molecule has 372 valence electrons. The van der Waals surface area contributed by atoms with Gasteiger partial charge in [0.2, 0.25) is 5.91 Å². The van der Waals surface area contributed by atoms with Crippen LogP contribution in [0.1, 0.15) is 52.5 Å². The number of benzene rings is 1. The van der Waals surface area contributed by atoms with Gasteiger partial charge in [0.05, 0.1) is 172 Å². The SMILES string of the molecule is CCCOCCOCCOCCOCCOCCOCCOCCOCCOCCOCCOCCOCCC(=O)N[C@@H](Cc1ccc(OCCC(=O)OC(C)(C)C)cc1)C(=O)OC. The zero-order chi connectivity index (χ0) is 46.6. The summed E-state index contributed by atoms with van der Waals surface area (Å²) in [5.41, 5.74) is 0.241. The Bertz CT molecular complexity index is 1240. The highest BCUT2D eigenvalue weighted by atomic mass is 16.6. The predicted octanol–water partition coefficient (Wildman–Crippen LogP) is 3.00. The third-order valence-electron chi connectivity index (χ3n) is 8.09. The molecule has 1 rings (SSSR count).